The van der Waals surface area contributed by atoms with E-state index in [1.165, 1.54) is 6.07 Å². The second-order valence-corrected chi connectivity index (χ2v) is 5.90. The molecule has 2 aromatic rings. The van der Waals surface area contributed by atoms with Gasteiger partial charge in [0.25, 0.3) is 0 Å². The largest absolute Gasteiger partial charge is 0.416 e. The second kappa shape index (κ2) is 6.28. The third-order valence-electron chi connectivity index (χ3n) is 2.97. The minimum Gasteiger partial charge on any atom is -0.380 e. The summed E-state index contributed by atoms with van der Waals surface area (Å²) < 4.78 is 38.7. The highest BCUT2D eigenvalue weighted by Crippen LogP contribution is 2.34. The van der Waals surface area contributed by atoms with Gasteiger partial charge in [0.2, 0.25) is 0 Å². The molecule has 0 fully saturated rings. The predicted octanol–water partition coefficient (Wildman–Crippen LogP) is 6.04. The zero-order valence-electron chi connectivity index (χ0n) is 11.1. The molecular formula is C15H12BrClF3N. The van der Waals surface area contributed by atoms with Crippen LogP contribution in [0.25, 0.3) is 0 Å². The van der Waals surface area contributed by atoms with Crippen LogP contribution in [0, 0.1) is 6.92 Å². The monoisotopic (exact) mass is 377 g/mol. The molecule has 0 unspecified atom stereocenters. The van der Waals surface area contributed by atoms with Crippen molar-refractivity contribution in [3.8, 4) is 0 Å². The third kappa shape index (κ3) is 4.14. The Kier molecular flexibility index (Phi) is 4.84. The molecule has 0 aliphatic heterocycles. The van der Waals surface area contributed by atoms with Crippen LogP contribution in [0.15, 0.2) is 40.9 Å². The van der Waals surface area contributed by atoms with Gasteiger partial charge in [-0.1, -0.05) is 23.7 Å². The maximum absolute atomic E-state index is 12.7. The number of hydrogen-bond acceptors (Lipinski definition) is 1. The number of aryl methyl sites for hydroxylation is 1. The Morgan fingerprint density at radius 1 is 1.14 bits per heavy atom. The van der Waals surface area contributed by atoms with Crippen LogP contribution in [0.1, 0.15) is 16.7 Å². The SMILES string of the molecule is Cc1ccc(CNc2cc(C(F)(F)F)ccc2Br)c(Cl)c1. The van der Waals surface area contributed by atoms with Crippen molar-refractivity contribution in [2.24, 2.45) is 0 Å². The average Bonchev–Trinajstić information content (AvgIpc) is 2.38. The van der Waals surface area contributed by atoms with Crippen molar-refractivity contribution in [1.29, 1.82) is 0 Å². The smallest absolute Gasteiger partial charge is 0.380 e. The van der Waals surface area contributed by atoms with Gasteiger partial charge in [-0.25, -0.2) is 0 Å². The number of alkyl halides is 3. The van der Waals surface area contributed by atoms with Gasteiger partial charge >= 0.3 is 6.18 Å². The van der Waals surface area contributed by atoms with Crippen LogP contribution in [-0.2, 0) is 12.7 Å². The fraction of sp³-hybridized carbons (Fsp3) is 0.200. The maximum Gasteiger partial charge on any atom is 0.416 e. The first-order valence-electron chi connectivity index (χ1n) is 6.13. The van der Waals surface area contributed by atoms with Crippen molar-refractivity contribution in [1.82, 2.24) is 0 Å². The molecule has 0 amide bonds. The Hall–Kier alpha value is -1.20. The lowest BCUT2D eigenvalue weighted by Crippen LogP contribution is -2.07. The van der Waals surface area contributed by atoms with Gasteiger partial charge in [-0.3, -0.25) is 0 Å². The molecule has 0 bridgehead atoms. The van der Waals surface area contributed by atoms with Gasteiger partial charge in [-0.05, 0) is 58.2 Å². The van der Waals surface area contributed by atoms with Crippen molar-refractivity contribution in [3.05, 3.63) is 62.6 Å². The molecule has 2 rings (SSSR count). The van der Waals surface area contributed by atoms with E-state index in [9.17, 15) is 13.2 Å². The summed E-state index contributed by atoms with van der Waals surface area (Å²) >= 11 is 9.35. The Balaban J connectivity index is 2.19. The van der Waals surface area contributed by atoms with Gasteiger partial charge in [-0.2, -0.15) is 13.2 Å². The van der Waals surface area contributed by atoms with Crippen LogP contribution in [0.2, 0.25) is 5.02 Å². The zero-order valence-corrected chi connectivity index (χ0v) is 13.4. The molecule has 0 atom stereocenters. The molecule has 0 radical (unpaired) electrons. The van der Waals surface area contributed by atoms with Crippen molar-refractivity contribution in [3.63, 3.8) is 0 Å². The van der Waals surface area contributed by atoms with Gasteiger partial charge in [0.15, 0.2) is 0 Å². The maximum atomic E-state index is 12.7. The molecule has 0 aliphatic carbocycles. The highest BCUT2D eigenvalue weighted by Gasteiger charge is 2.30. The van der Waals surface area contributed by atoms with Gasteiger partial charge in [0, 0.05) is 21.7 Å². The standard InChI is InChI=1S/C15H12BrClF3N/c1-9-2-3-10(13(17)6-9)8-21-14-7-11(15(18,19)20)4-5-12(14)16/h2-7,21H,8H2,1H3. The van der Waals surface area contributed by atoms with Crippen molar-refractivity contribution < 1.29 is 13.2 Å². The molecular weight excluding hydrogens is 367 g/mol. The van der Waals surface area contributed by atoms with E-state index in [0.717, 1.165) is 23.3 Å². The molecule has 6 heteroatoms. The Morgan fingerprint density at radius 2 is 1.86 bits per heavy atom. The van der Waals surface area contributed by atoms with E-state index in [1.54, 1.807) is 0 Å². The number of hydrogen-bond donors (Lipinski definition) is 1. The molecule has 0 spiro atoms. The summed E-state index contributed by atoms with van der Waals surface area (Å²) in [6, 6.07) is 9.07. The van der Waals surface area contributed by atoms with E-state index < -0.39 is 11.7 Å². The van der Waals surface area contributed by atoms with Crippen molar-refractivity contribution >= 4 is 33.2 Å². The van der Waals surface area contributed by atoms with Crippen LogP contribution in [-0.4, -0.2) is 0 Å². The fourth-order valence-corrected chi connectivity index (χ4v) is 2.51. The fourth-order valence-electron chi connectivity index (χ4n) is 1.82. The van der Waals surface area contributed by atoms with E-state index in [1.807, 2.05) is 25.1 Å². The Bertz CT molecular complexity index is 656. The summed E-state index contributed by atoms with van der Waals surface area (Å²) in [5, 5.41) is 3.56. The molecule has 0 aromatic heterocycles. The minimum atomic E-state index is -4.36. The summed E-state index contributed by atoms with van der Waals surface area (Å²) in [5.74, 6) is 0. The summed E-state index contributed by atoms with van der Waals surface area (Å²) in [6.07, 6.45) is -4.36. The topological polar surface area (TPSA) is 12.0 Å². The van der Waals surface area contributed by atoms with Gasteiger partial charge in [-0.15, -0.1) is 0 Å². The molecule has 1 N–H and O–H groups in total. The van der Waals surface area contributed by atoms with Crippen LogP contribution in [0.5, 0.6) is 0 Å². The lowest BCUT2D eigenvalue weighted by Gasteiger charge is -2.13. The Labute approximate surface area is 134 Å². The molecule has 112 valence electrons. The van der Waals surface area contributed by atoms with E-state index >= 15 is 0 Å². The average molecular weight is 379 g/mol. The second-order valence-electron chi connectivity index (χ2n) is 4.64. The number of nitrogens with one attached hydrogen (secondary N) is 1. The first kappa shape index (κ1) is 16.2. The van der Waals surface area contributed by atoms with Crippen LogP contribution in [0.4, 0.5) is 18.9 Å². The molecule has 0 heterocycles. The summed E-state index contributed by atoms with van der Waals surface area (Å²) in [6.45, 7) is 2.27. The third-order valence-corrected chi connectivity index (χ3v) is 4.01. The minimum absolute atomic E-state index is 0.346. The summed E-state index contributed by atoms with van der Waals surface area (Å²) in [7, 11) is 0. The summed E-state index contributed by atoms with van der Waals surface area (Å²) in [5.41, 5.74) is 1.54. The van der Waals surface area contributed by atoms with E-state index in [2.05, 4.69) is 21.2 Å². The van der Waals surface area contributed by atoms with Gasteiger partial charge in [0.05, 0.1) is 5.56 Å². The predicted molar refractivity (Wildman–Crippen MR) is 82.7 cm³/mol. The number of halogens is 5. The van der Waals surface area contributed by atoms with Gasteiger partial charge in [0.1, 0.15) is 0 Å². The van der Waals surface area contributed by atoms with E-state index in [0.29, 0.717) is 21.7 Å². The molecule has 0 saturated heterocycles. The van der Waals surface area contributed by atoms with E-state index in [-0.39, 0.29) is 0 Å². The molecule has 0 saturated carbocycles. The van der Waals surface area contributed by atoms with Crippen LogP contribution in [0.3, 0.4) is 0 Å². The van der Waals surface area contributed by atoms with Crippen molar-refractivity contribution in [2.45, 2.75) is 19.6 Å². The quantitative estimate of drug-likeness (QED) is 0.686. The first-order valence-corrected chi connectivity index (χ1v) is 7.30. The molecule has 2 aromatic carbocycles. The van der Waals surface area contributed by atoms with Crippen LogP contribution < -0.4 is 5.32 Å². The summed E-state index contributed by atoms with van der Waals surface area (Å²) in [4.78, 5) is 0. The normalized spacial score (nSPS) is 11.5. The Morgan fingerprint density at radius 3 is 2.48 bits per heavy atom. The van der Waals surface area contributed by atoms with Crippen molar-refractivity contribution in [2.75, 3.05) is 5.32 Å². The number of anilines is 1. The highest BCUT2D eigenvalue weighted by atomic mass is 79.9. The molecule has 1 nitrogen and oxygen atoms in total. The van der Waals surface area contributed by atoms with E-state index in [4.69, 9.17) is 11.6 Å². The molecule has 0 aliphatic rings. The number of rotatable bonds is 3. The lowest BCUT2D eigenvalue weighted by atomic mass is 10.1. The number of benzene rings is 2. The van der Waals surface area contributed by atoms with Gasteiger partial charge < -0.3 is 5.32 Å². The van der Waals surface area contributed by atoms with Crippen LogP contribution >= 0.6 is 27.5 Å². The lowest BCUT2D eigenvalue weighted by molar-refractivity contribution is -0.137. The first-order chi connectivity index (χ1) is 9.77. The molecule has 21 heavy (non-hydrogen) atoms. The zero-order chi connectivity index (χ0) is 15.6. The highest BCUT2D eigenvalue weighted by molar-refractivity contribution is 9.10.